The largest absolute Gasteiger partial charge is 0.383 e. The quantitative estimate of drug-likeness (QED) is 0.491. The van der Waals surface area contributed by atoms with Crippen LogP contribution in [0.2, 0.25) is 5.02 Å². The molecule has 3 rings (SSSR count). The van der Waals surface area contributed by atoms with E-state index in [0.29, 0.717) is 29.2 Å². The number of urea groups is 1. The van der Waals surface area contributed by atoms with Crippen molar-refractivity contribution in [3.63, 3.8) is 0 Å². The number of hydrogen-bond donors (Lipinski definition) is 1. The van der Waals surface area contributed by atoms with Crippen molar-refractivity contribution in [1.29, 1.82) is 0 Å². The first-order valence-electron chi connectivity index (χ1n) is 10.3. The number of rotatable bonds is 8. The fraction of sp³-hybridized carbons (Fsp3) is 0.435. The first kappa shape index (κ1) is 23.0. The van der Waals surface area contributed by atoms with Crippen molar-refractivity contribution in [3.05, 3.63) is 57.9 Å². The summed E-state index contributed by atoms with van der Waals surface area (Å²) in [7, 11) is 1.63. The molecular formula is C23H28ClN3O4. The second kappa shape index (κ2) is 8.85. The molecule has 2 unspecified atom stereocenters. The third-order valence-electron chi connectivity index (χ3n) is 5.98. The summed E-state index contributed by atoms with van der Waals surface area (Å²) < 4.78 is 7.27. The molecule has 0 aliphatic carbocycles. The zero-order valence-corrected chi connectivity index (χ0v) is 19.2. The number of hydrogen-bond acceptors (Lipinski definition) is 4. The lowest BCUT2D eigenvalue weighted by atomic mass is 9.87. The Labute approximate surface area is 187 Å². The van der Waals surface area contributed by atoms with E-state index in [1.165, 1.54) is 0 Å². The molecule has 1 aromatic carbocycles. The molecule has 1 aromatic heterocycles. The zero-order chi connectivity index (χ0) is 22.9. The monoisotopic (exact) mass is 445 g/mol. The highest BCUT2D eigenvalue weighted by Gasteiger charge is 2.51. The number of aromatic nitrogens is 1. The molecule has 166 valence electrons. The van der Waals surface area contributed by atoms with E-state index in [9.17, 15) is 14.4 Å². The molecule has 0 spiro atoms. The standard InChI is InChI=1S/C23H28ClN3O4/c1-6-23(17-7-9-18(24)10-8-17)21(29)26(22(30)25-23)12-20(28)19-11-14(2)27(16(19)4)15(3)13-31-5/h7-11,15H,6,12-13H2,1-5H3,(H,25,30). The summed E-state index contributed by atoms with van der Waals surface area (Å²) >= 11 is 5.97. The van der Waals surface area contributed by atoms with Crippen LogP contribution in [0.25, 0.3) is 0 Å². The van der Waals surface area contributed by atoms with E-state index in [0.717, 1.165) is 16.3 Å². The first-order valence-corrected chi connectivity index (χ1v) is 10.6. The van der Waals surface area contributed by atoms with E-state index in [1.54, 1.807) is 37.4 Å². The molecule has 1 fully saturated rings. The summed E-state index contributed by atoms with van der Waals surface area (Å²) in [5.41, 5.74) is 1.65. The number of Topliss-reactive ketones (excluding diaryl/α,β-unsaturated/α-hetero) is 1. The van der Waals surface area contributed by atoms with Crippen molar-refractivity contribution < 1.29 is 19.1 Å². The van der Waals surface area contributed by atoms with Gasteiger partial charge in [-0.2, -0.15) is 0 Å². The summed E-state index contributed by atoms with van der Waals surface area (Å²) in [4.78, 5) is 40.1. The highest BCUT2D eigenvalue weighted by Crippen LogP contribution is 2.33. The molecular weight excluding hydrogens is 418 g/mol. The number of aryl methyl sites for hydroxylation is 1. The number of amides is 3. The summed E-state index contributed by atoms with van der Waals surface area (Å²) in [5.74, 6) is -0.715. The fourth-order valence-electron chi connectivity index (χ4n) is 4.43. The van der Waals surface area contributed by atoms with Crippen LogP contribution < -0.4 is 5.32 Å². The third-order valence-corrected chi connectivity index (χ3v) is 6.23. The van der Waals surface area contributed by atoms with Gasteiger partial charge in [0.25, 0.3) is 5.91 Å². The molecule has 0 saturated carbocycles. The molecule has 2 heterocycles. The Morgan fingerprint density at radius 1 is 1.23 bits per heavy atom. The number of carbonyl (C=O) groups is 3. The number of halogens is 1. The van der Waals surface area contributed by atoms with Gasteiger partial charge in [0, 0.05) is 29.1 Å². The molecule has 0 bridgehead atoms. The predicted molar refractivity (Wildman–Crippen MR) is 118 cm³/mol. The molecule has 8 heteroatoms. The normalized spacial score (nSPS) is 19.6. The van der Waals surface area contributed by atoms with Gasteiger partial charge in [0.15, 0.2) is 5.78 Å². The summed E-state index contributed by atoms with van der Waals surface area (Å²) in [6.45, 7) is 7.81. The first-order chi connectivity index (χ1) is 14.7. The average molecular weight is 446 g/mol. The van der Waals surface area contributed by atoms with Crippen LogP contribution in [0.4, 0.5) is 4.79 Å². The van der Waals surface area contributed by atoms with Crippen molar-refractivity contribution in [3.8, 4) is 0 Å². The molecule has 1 aliphatic heterocycles. The van der Waals surface area contributed by atoms with Crippen molar-refractivity contribution in [2.24, 2.45) is 0 Å². The van der Waals surface area contributed by atoms with Gasteiger partial charge in [-0.3, -0.25) is 14.5 Å². The number of imide groups is 1. The highest BCUT2D eigenvalue weighted by molar-refractivity contribution is 6.30. The zero-order valence-electron chi connectivity index (χ0n) is 18.5. The fourth-order valence-corrected chi connectivity index (χ4v) is 4.55. The minimum atomic E-state index is -1.20. The minimum Gasteiger partial charge on any atom is -0.383 e. The Kier molecular flexibility index (Phi) is 6.57. The Bertz CT molecular complexity index is 1010. The molecule has 1 aliphatic rings. The Hall–Kier alpha value is -2.64. The number of nitrogens with one attached hydrogen (secondary N) is 1. The van der Waals surface area contributed by atoms with Crippen molar-refractivity contribution in [2.45, 2.75) is 45.7 Å². The van der Waals surface area contributed by atoms with Crippen molar-refractivity contribution >= 4 is 29.3 Å². The Morgan fingerprint density at radius 3 is 2.45 bits per heavy atom. The second-order valence-electron chi connectivity index (χ2n) is 7.97. The van der Waals surface area contributed by atoms with Crippen LogP contribution in [-0.2, 0) is 15.1 Å². The average Bonchev–Trinajstić information content (AvgIpc) is 3.16. The topological polar surface area (TPSA) is 80.6 Å². The molecule has 2 atom stereocenters. The number of carbonyl (C=O) groups excluding carboxylic acids is 3. The van der Waals surface area contributed by atoms with Crippen LogP contribution in [-0.4, -0.2) is 47.4 Å². The van der Waals surface area contributed by atoms with E-state index in [-0.39, 0.29) is 18.4 Å². The number of methoxy groups -OCH3 is 1. The van der Waals surface area contributed by atoms with Gasteiger partial charge < -0.3 is 14.6 Å². The lowest BCUT2D eigenvalue weighted by Crippen LogP contribution is -2.43. The SMILES string of the molecule is CCC1(c2ccc(Cl)cc2)NC(=O)N(CC(=O)c2cc(C)n(C(C)COC)c2C)C1=O. The van der Waals surface area contributed by atoms with Crippen LogP contribution in [0.15, 0.2) is 30.3 Å². The maximum Gasteiger partial charge on any atom is 0.325 e. The van der Waals surface area contributed by atoms with E-state index in [2.05, 4.69) is 5.32 Å². The van der Waals surface area contributed by atoms with Crippen LogP contribution >= 0.6 is 11.6 Å². The van der Waals surface area contributed by atoms with E-state index < -0.39 is 17.5 Å². The Balaban J connectivity index is 1.87. The lowest BCUT2D eigenvalue weighted by Gasteiger charge is -2.25. The van der Waals surface area contributed by atoms with Crippen LogP contribution in [0, 0.1) is 13.8 Å². The molecule has 31 heavy (non-hydrogen) atoms. The van der Waals surface area contributed by atoms with Gasteiger partial charge >= 0.3 is 6.03 Å². The van der Waals surface area contributed by atoms with Gasteiger partial charge in [-0.15, -0.1) is 0 Å². The molecule has 1 saturated heterocycles. The lowest BCUT2D eigenvalue weighted by molar-refractivity contribution is -0.131. The maximum absolute atomic E-state index is 13.3. The summed E-state index contributed by atoms with van der Waals surface area (Å²) in [6.07, 6.45) is 0.354. The van der Waals surface area contributed by atoms with E-state index >= 15 is 0 Å². The molecule has 1 N–H and O–H groups in total. The number of ether oxygens (including phenoxy) is 1. The number of ketones is 1. The van der Waals surface area contributed by atoms with Crippen LogP contribution in [0.5, 0.6) is 0 Å². The van der Waals surface area contributed by atoms with Crippen LogP contribution in [0.1, 0.15) is 53.6 Å². The minimum absolute atomic E-state index is 0.0564. The molecule has 7 nitrogen and oxygen atoms in total. The Morgan fingerprint density at radius 2 is 1.87 bits per heavy atom. The van der Waals surface area contributed by atoms with E-state index in [4.69, 9.17) is 16.3 Å². The van der Waals surface area contributed by atoms with Crippen molar-refractivity contribution in [1.82, 2.24) is 14.8 Å². The summed E-state index contributed by atoms with van der Waals surface area (Å²) in [6, 6.07) is 8.09. The smallest absolute Gasteiger partial charge is 0.325 e. The number of nitrogens with zero attached hydrogens (tertiary/aromatic N) is 2. The number of benzene rings is 1. The van der Waals surface area contributed by atoms with Crippen molar-refractivity contribution in [2.75, 3.05) is 20.3 Å². The second-order valence-corrected chi connectivity index (χ2v) is 8.41. The molecule has 3 amide bonds. The summed E-state index contributed by atoms with van der Waals surface area (Å²) in [5, 5.41) is 3.33. The van der Waals surface area contributed by atoms with Gasteiger partial charge in [-0.25, -0.2) is 4.79 Å². The van der Waals surface area contributed by atoms with Gasteiger partial charge in [0.2, 0.25) is 0 Å². The van der Waals surface area contributed by atoms with E-state index in [1.807, 2.05) is 32.3 Å². The molecule has 2 aromatic rings. The van der Waals surface area contributed by atoms with Gasteiger partial charge in [-0.1, -0.05) is 30.7 Å². The molecule has 0 radical (unpaired) electrons. The third kappa shape index (κ3) is 4.00. The van der Waals surface area contributed by atoms with Gasteiger partial charge in [0.1, 0.15) is 5.54 Å². The predicted octanol–water partition coefficient (Wildman–Crippen LogP) is 4.01. The van der Waals surface area contributed by atoms with Gasteiger partial charge in [-0.05, 0) is 51.0 Å². The maximum atomic E-state index is 13.3. The highest BCUT2D eigenvalue weighted by atomic mass is 35.5. The van der Waals surface area contributed by atoms with Gasteiger partial charge in [0.05, 0.1) is 19.2 Å². The van der Waals surface area contributed by atoms with Crippen LogP contribution in [0.3, 0.4) is 0 Å².